The second kappa shape index (κ2) is 4.57. The molecule has 1 aliphatic rings. The Morgan fingerprint density at radius 2 is 2.18 bits per heavy atom. The third-order valence-electron chi connectivity index (χ3n) is 2.93. The van der Waals surface area contributed by atoms with E-state index in [1.54, 1.807) is 26.1 Å². The van der Waals surface area contributed by atoms with E-state index in [2.05, 4.69) is 5.32 Å². The highest BCUT2D eigenvalue weighted by molar-refractivity contribution is 6.00. The summed E-state index contributed by atoms with van der Waals surface area (Å²) >= 11 is 0. The van der Waals surface area contributed by atoms with E-state index in [9.17, 15) is 9.59 Å². The number of nitrogens with one attached hydrogen (secondary N) is 1. The molecule has 0 saturated heterocycles. The molecule has 0 fully saturated rings. The Morgan fingerprint density at radius 3 is 2.88 bits per heavy atom. The van der Waals surface area contributed by atoms with Crippen LogP contribution in [0.25, 0.3) is 0 Å². The number of amides is 1. The van der Waals surface area contributed by atoms with Gasteiger partial charge in [-0.25, -0.2) is 0 Å². The lowest BCUT2D eigenvalue weighted by molar-refractivity contribution is -0.126. The van der Waals surface area contributed by atoms with Crippen molar-refractivity contribution in [3.8, 4) is 5.75 Å². The molecule has 0 radical (unpaired) electrons. The monoisotopic (exact) mass is 233 g/mol. The normalized spacial score (nSPS) is 15.3. The van der Waals surface area contributed by atoms with Gasteiger partial charge in [-0.2, -0.15) is 0 Å². The van der Waals surface area contributed by atoms with Crippen molar-refractivity contribution < 1.29 is 14.3 Å². The van der Waals surface area contributed by atoms with Crippen molar-refractivity contribution in [1.82, 2.24) is 5.32 Å². The lowest BCUT2D eigenvalue weighted by Crippen LogP contribution is -2.33. The van der Waals surface area contributed by atoms with Crippen molar-refractivity contribution in [3.05, 3.63) is 29.3 Å². The van der Waals surface area contributed by atoms with E-state index in [-0.39, 0.29) is 11.7 Å². The quantitative estimate of drug-likeness (QED) is 0.856. The average molecular weight is 233 g/mol. The maximum absolute atomic E-state index is 11.4. The summed E-state index contributed by atoms with van der Waals surface area (Å²) in [5.74, 6) is 0.655. The summed E-state index contributed by atoms with van der Waals surface area (Å²) < 4.78 is 5.50. The van der Waals surface area contributed by atoms with Crippen molar-refractivity contribution in [1.29, 1.82) is 0 Å². The average Bonchev–Trinajstić information content (AvgIpc) is 2.69. The van der Waals surface area contributed by atoms with Crippen LogP contribution in [0.5, 0.6) is 5.75 Å². The van der Waals surface area contributed by atoms with E-state index in [0.29, 0.717) is 12.2 Å². The van der Waals surface area contributed by atoms with Gasteiger partial charge in [-0.1, -0.05) is 0 Å². The van der Waals surface area contributed by atoms with Crippen LogP contribution >= 0.6 is 0 Å². The van der Waals surface area contributed by atoms with Crippen LogP contribution in [0.3, 0.4) is 0 Å². The molecule has 17 heavy (non-hydrogen) atoms. The number of hydrogen-bond acceptors (Lipinski definition) is 3. The Labute approximate surface area is 100.0 Å². The molecule has 2 rings (SSSR count). The lowest BCUT2D eigenvalue weighted by atomic mass is 10.1. The SMILES string of the molecule is CNC(=O)C(C)Oc1ccc2c(c1)CCC2=O. The summed E-state index contributed by atoms with van der Waals surface area (Å²) in [6.45, 7) is 1.69. The van der Waals surface area contributed by atoms with E-state index < -0.39 is 6.10 Å². The van der Waals surface area contributed by atoms with Gasteiger partial charge in [-0.3, -0.25) is 9.59 Å². The standard InChI is InChI=1S/C13H15NO3/c1-8(13(16)14-2)17-10-4-5-11-9(7-10)3-6-12(11)15/h4-5,7-8H,3,6H2,1-2H3,(H,14,16). The van der Waals surface area contributed by atoms with Crippen molar-refractivity contribution in [2.24, 2.45) is 0 Å². The first-order valence-electron chi connectivity index (χ1n) is 5.66. The molecule has 0 saturated carbocycles. The topological polar surface area (TPSA) is 55.4 Å². The Kier molecular flexibility index (Phi) is 3.13. The molecule has 1 unspecified atom stereocenters. The minimum Gasteiger partial charge on any atom is -0.481 e. The fourth-order valence-electron chi connectivity index (χ4n) is 1.97. The summed E-state index contributed by atoms with van der Waals surface area (Å²) in [5, 5.41) is 2.53. The van der Waals surface area contributed by atoms with Gasteiger partial charge < -0.3 is 10.1 Å². The fourth-order valence-corrected chi connectivity index (χ4v) is 1.97. The number of ketones is 1. The van der Waals surface area contributed by atoms with Gasteiger partial charge in [0.1, 0.15) is 5.75 Å². The molecule has 0 bridgehead atoms. The maximum Gasteiger partial charge on any atom is 0.260 e. The molecule has 0 aliphatic heterocycles. The van der Waals surface area contributed by atoms with Crippen LogP contribution in [0.2, 0.25) is 0 Å². The molecule has 4 heteroatoms. The molecule has 90 valence electrons. The van der Waals surface area contributed by atoms with E-state index >= 15 is 0 Å². The van der Waals surface area contributed by atoms with Crippen molar-refractivity contribution >= 4 is 11.7 Å². The highest BCUT2D eigenvalue weighted by atomic mass is 16.5. The molecule has 4 nitrogen and oxygen atoms in total. The summed E-state index contributed by atoms with van der Waals surface area (Å²) in [6.07, 6.45) is 0.805. The third-order valence-corrected chi connectivity index (χ3v) is 2.93. The first kappa shape index (κ1) is 11.6. The molecular weight excluding hydrogens is 218 g/mol. The van der Waals surface area contributed by atoms with Crippen molar-refractivity contribution in [2.45, 2.75) is 25.9 Å². The highest BCUT2D eigenvalue weighted by Gasteiger charge is 2.20. The van der Waals surface area contributed by atoms with E-state index in [1.807, 2.05) is 6.07 Å². The molecule has 0 spiro atoms. The lowest BCUT2D eigenvalue weighted by Gasteiger charge is -2.13. The van der Waals surface area contributed by atoms with Gasteiger partial charge in [0, 0.05) is 19.0 Å². The third kappa shape index (κ3) is 2.30. The number of hydrogen-bond donors (Lipinski definition) is 1. The van der Waals surface area contributed by atoms with Gasteiger partial charge in [0.05, 0.1) is 0 Å². The Morgan fingerprint density at radius 1 is 1.41 bits per heavy atom. The predicted octanol–water partition coefficient (Wildman–Crippen LogP) is 1.33. The zero-order valence-electron chi connectivity index (χ0n) is 9.95. The van der Waals surface area contributed by atoms with Gasteiger partial charge in [0.2, 0.25) is 0 Å². The fraction of sp³-hybridized carbons (Fsp3) is 0.385. The van der Waals surface area contributed by atoms with E-state index in [0.717, 1.165) is 17.5 Å². The van der Waals surface area contributed by atoms with E-state index in [4.69, 9.17) is 4.74 Å². The second-order valence-corrected chi connectivity index (χ2v) is 4.12. The number of benzene rings is 1. The van der Waals surface area contributed by atoms with Crippen LogP contribution in [-0.4, -0.2) is 24.8 Å². The van der Waals surface area contributed by atoms with Gasteiger partial charge >= 0.3 is 0 Å². The van der Waals surface area contributed by atoms with Gasteiger partial charge in [-0.15, -0.1) is 0 Å². The molecule has 0 heterocycles. The molecule has 1 aromatic rings. The van der Waals surface area contributed by atoms with Gasteiger partial charge in [0.15, 0.2) is 11.9 Å². The first-order chi connectivity index (χ1) is 8.11. The predicted molar refractivity (Wildman–Crippen MR) is 63.3 cm³/mol. The molecule has 0 aromatic heterocycles. The van der Waals surface area contributed by atoms with Crippen molar-refractivity contribution in [2.75, 3.05) is 7.05 Å². The summed E-state index contributed by atoms with van der Waals surface area (Å²) in [4.78, 5) is 22.8. The van der Waals surface area contributed by atoms with E-state index in [1.165, 1.54) is 0 Å². The van der Waals surface area contributed by atoms with Crippen LogP contribution in [0, 0.1) is 0 Å². The summed E-state index contributed by atoms with van der Waals surface area (Å²) in [7, 11) is 1.57. The van der Waals surface area contributed by atoms with Crippen LogP contribution in [-0.2, 0) is 11.2 Å². The van der Waals surface area contributed by atoms with Crippen LogP contribution in [0.15, 0.2) is 18.2 Å². The highest BCUT2D eigenvalue weighted by Crippen LogP contribution is 2.26. The molecular formula is C13H15NO3. The zero-order valence-corrected chi connectivity index (χ0v) is 9.95. The number of fused-ring (bicyclic) bond motifs is 1. The Balaban J connectivity index is 2.14. The second-order valence-electron chi connectivity index (χ2n) is 4.12. The summed E-state index contributed by atoms with van der Waals surface area (Å²) in [5.41, 5.74) is 1.79. The number of ether oxygens (including phenoxy) is 1. The Hall–Kier alpha value is -1.84. The van der Waals surface area contributed by atoms with Crippen LogP contribution in [0.1, 0.15) is 29.3 Å². The zero-order chi connectivity index (χ0) is 12.4. The molecule has 1 aliphatic carbocycles. The number of aryl methyl sites for hydroxylation is 1. The molecule has 1 aromatic carbocycles. The maximum atomic E-state index is 11.4. The number of carbonyl (C=O) groups is 2. The minimum absolute atomic E-state index is 0.165. The van der Waals surface area contributed by atoms with Crippen LogP contribution < -0.4 is 10.1 Å². The largest absolute Gasteiger partial charge is 0.481 e. The number of rotatable bonds is 3. The summed E-state index contributed by atoms with van der Waals surface area (Å²) in [6, 6.07) is 5.36. The molecule has 1 atom stereocenters. The van der Waals surface area contributed by atoms with Crippen molar-refractivity contribution in [3.63, 3.8) is 0 Å². The number of Topliss-reactive ketones (excluding diaryl/α,β-unsaturated/α-hetero) is 1. The molecule has 1 amide bonds. The van der Waals surface area contributed by atoms with Gasteiger partial charge in [0.25, 0.3) is 5.91 Å². The van der Waals surface area contributed by atoms with Gasteiger partial charge in [-0.05, 0) is 37.1 Å². The Bertz CT molecular complexity index is 468. The first-order valence-corrected chi connectivity index (χ1v) is 5.66. The number of likely N-dealkylation sites (N-methyl/N-ethyl adjacent to an activating group) is 1. The smallest absolute Gasteiger partial charge is 0.260 e. The minimum atomic E-state index is -0.532. The van der Waals surface area contributed by atoms with Crippen LogP contribution in [0.4, 0.5) is 0 Å². The number of carbonyl (C=O) groups excluding carboxylic acids is 2. The molecule has 1 N–H and O–H groups in total.